The number of anilines is 1. The van der Waals surface area contributed by atoms with E-state index in [2.05, 4.69) is 0 Å². The van der Waals surface area contributed by atoms with E-state index in [0.29, 0.717) is 0 Å². The number of hydrogen-bond donors (Lipinski definition) is 2. The third-order valence-electron chi connectivity index (χ3n) is 1.86. The molecule has 0 saturated carbocycles. The Labute approximate surface area is 90.9 Å². The Kier molecular flexibility index (Phi) is 3.11. The fourth-order valence-corrected chi connectivity index (χ4v) is 1.22. The van der Waals surface area contributed by atoms with E-state index >= 15 is 0 Å². The molecule has 0 saturated heterocycles. The van der Waals surface area contributed by atoms with Crippen molar-refractivity contribution in [3.8, 4) is 0 Å². The van der Waals surface area contributed by atoms with Crippen molar-refractivity contribution in [1.29, 1.82) is 5.41 Å². The van der Waals surface area contributed by atoms with E-state index in [1.807, 2.05) is 0 Å². The van der Waals surface area contributed by atoms with Crippen LogP contribution in [0.25, 0.3) is 0 Å². The molecule has 1 aromatic carbocycles. The summed E-state index contributed by atoms with van der Waals surface area (Å²) in [5.41, 5.74) is 5.28. The Morgan fingerprint density at radius 3 is 2.73 bits per heavy atom. The molecule has 0 heterocycles. The highest BCUT2D eigenvalue weighted by molar-refractivity contribution is 6.31. The number of halogens is 1. The quantitative estimate of drug-likeness (QED) is 0.348. The van der Waals surface area contributed by atoms with Gasteiger partial charge in [0.1, 0.15) is 5.69 Å². The van der Waals surface area contributed by atoms with Crippen molar-refractivity contribution in [2.75, 3.05) is 11.9 Å². The molecular formula is C8H9ClN4O2. The lowest BCUT2D eigenvalue weighted by atomic mass is 10.2. The van der Waals surface area contributed by atoms with E-state index in [-0.39, 0.29) is 22.4 Å². The van der Waals surface area contributed by atoms with Crippen molar-refractivity contribution >= 4 is 28.9 Å². The predicted molar refractivity (Wildman–Crippen MR) is 58.4 cm³/mol. The molecule has 0 aliphatic carbocycles. The van der Waals surface area contributed by atoms with Gasteiger partial charge in [0, 0.05) is 18.1 Å². The molecule has 1 rings (SSSR count). The number of nitrogens with one attached hydrogen (secondary N) is 1. The molecule has 80 valence electrons. The van der Waals surface area contributed by atoms with Gasteiger partial charge in [-0.2, -0.15) is 0 Å². The third-order valence-corrected chi connectivity index (χ3v) is 2.09. The lowest BCUT2D eigenvalue weighted by Gasteiger charge is -2.16. The first-order valence-electron chi connectivity index (χ1n) is 3.95. The molecular weight excluding hydrogens is 220 g/mol. The second-order valence-corrected chi connectivity index (χ2v) is 3.27. The van der Waals surface area contributed by atoms with Gasteiger partial charge in [-0.3, -0.25) is 15.5 Å². The van der Waals surface area contributed by atoms with Gasteiger partial charge >= 0.3 is 0 Å². The summed E-state index contributed by atoms with van der Waals surface area (Å²) in [5.74, 6) is -0.277. The van der Waals surface area contributed by atoms with Crippen LogP contribution in [-0.4, -0.2) is 17.9 Å². The van der Waals surface area contributed by atoms with Crippen LogP contribution in [0.3, 0.4) is 0 Å². The zero-order chi connectivity index (χ0) is 11.6. The van der Waals surface area contributed by atoms with E-state index in [9.17, 15) is 10.1 Å². The van der Waals surface area contributed by atoms with Crippen LogP contribution >= 0.6 is 11.6 Å². The molecule has 0 atom stereocenters. The average molecular weight is 229 g/mol. The van der Waals surface area contributed by atoms with Crippen molar-refractivity contribution in [3.05, 3.63) is 33.3 Å². The average Bonchev–Trinajstić information content (AvgIpc) is 2.16. The summed E-state index contributed by atoms with van der Waals surface area (Å²) < 4.78 is 0. The first-order valence-corrected chi connectivity index (χ1v) is 4.33. The Bertz CT molecular complexity index is 421. The van der Waals surface area contributed by atoms with Gasteiger partial charge in [-0.25, -0.2) is 0 Å². The normalized spacial score (nSPS) is 9.73. The highest BCUT2D eigenvalue weighted by Crippen LogP contribution is 2.29. The molecule has 1 aromatic rings. The zero-order valence-electron chi connectivity index (χ0n) is 7.90. The Morgan fingerprint density at radius 2 is 2.27 bits per heavy atom. The van der Waals surface area contributed by atoms with Crippen LogP contribution in [0, 0.1) is 15.5 Å². The largest absolute Gasteiger partial charge is 0.370 e. The molecule has 0 fully saturated rings. The van der Waals surface area contributed by atoms with Gasteiger partial charge in [-0.1, -0.05) is 11.6 Å². The minimum atomic E-state index is -0.569. The van der Waals surface area contributed by atoms with E-state index in [1.165, 1.54) is 30.1 Å². The van der Waals surface area contributed by atoms with Crippen molar-refractivity contribution in [2.24, 2.45) is 5.73 Å². The van der Waals surface area contributed by atoms with Crippen molar-refractivity contribution in [3.63, 3.8) is 0 Å². The van der Waals surface area contributed by atoms with Gasteiger partial charge in [0.2, 0.25) is 0 Å². The summed E-state index contributed by atoms with van der Waals surface area (Å²) >= 11 is 5.64. The zero-order valence-corrected chi connectivity index (χ0v) is 8.65. The van der Waals surface area contributed by atoms with Gasteiger partial charge in [0.25, 0.3) is 5.69 Å². The number of benzene rings is 1. The fraction of sp³-hybridized carbons (Fsp3) is 0.125. The van der Waals surface area contributed by atoms with Crippen molar-refractivity contribution in [2.45, 2.75) is 0 Å². The van der Waals surface area contributed by atoms with Crippen molar-refractivity contribution in [1.82, 2.24) is 0 Å². The summed E-state index contributed by atoms with van der Waals surface area (Å²) in [6, 6.07) is 4.17. The molecule has 0 aromatic heterocycles. The Balaban J connectivity index is 3.28. The van der Waals surface area contributed by atoms with Crippen LogP contribution in [0.15, 0.2) is 18.2 Å². The van der Waals surface area contributed by atoms with Crippen LogP contribution in [-0.2, 0) is 0 Å². The molecule has 0 aliphatic rings. The summed E-state index contributed by atoms with van der Waals surface area (Å²) in [5, 5.41) is 18.2. The van der Waals surface area contributed by atoms with E-state index < -0.39 is 4.92 Å². The topological polar surface area (TPSA) is 96.2 Å². The maximum absolute atomic E-state index is 10.7. The van der Waals surface area contributed by atoms with Gasteiger partial charge < -0.3 is 10.6 Å². The van der Waals surface area contributed by atoms with Crippen LogP contribution < -0.4 is 10.6 Å². The molecule has 7 heteroatoms. The van der Waals surface area contributed by atoms with Crippen LogP contribution in [0.5, 0.6) is 0 Å². The van der Waals surface area contributed by atoms with E-state index in [0.717, 1.165) is 0 Å². The summed E-state index contributed by atoms with van der Waals surface area (Å²) in [4.78, 5) is 11.3. The molecule has 0 bridgehead atoms. The molecule has 15 heavy (non-hydrogen) atoms. The molecule has 0 spiro atoms. The molecule has 0 radical (unpaired) electrons. The number of nitro benzene ring substituents is 1. The highest BCUT2D eigenvalue weighted by atomic mass is 35.5. The van der Waals surface area contributed by atoms with Crippen LogP contribution in [0.4, 0.5) is 11.4 Å². The minimum absolute atomic E-state index is 0.180. The monoisotopic (exact) mass is 228 g/mol. The van der Waals surface area contributed by atoms with Gasteiger partial charge in [-0.05, 0) is 12.1 Å². The number of guanidine groups is 1. The first-order chi connectivity index (χ1) is 6.93. The minimum Gasteiger partial charge on any atom is -0.370 e. The first kappa shape index (κ1) is 11.3. The van der Waals surface area contributed by atoms with Gasteiger partial charge in [0.05, 0.1) is 4.92 Å². The summed E-state index contributed by atoms with van der Waals surface area (Å²) in [6.07, 6.45) is 0. The molecule has 0 amide bonds. The van der Waals surface area contributed by atoms with E-state index in [4.69, 9.17) is 22.7 Å². The summed E-state index contributed by atoms with van der Waals surface area (Å²) in [6.45, 7) is 0. The van der Waals surface area contributed by atoms with Crippen LogP contribution in [0.2, 0.25) is 5.02 Å². The Morgan fingerprint density at radius 1 is 1.67 bits per heavy atom. The van der Waals surface area contributed by atoms with Gasteiger partial charge in [-0.15, -0.1) is 0 Å². The SMILES string of the molecule is CN(C(=N)N)c1ccc(Cl)cc1[N+](=O)[O-]. The van der Waals surface area contributed by atoms with E-state index in [1.54, 1.807) is 0 Å². The number of nitrogens with two attached hydrogens (primary N) is 1. The molecule has 0 unspecified atom stereocenters. The number of rotatable bonds is 2. The molecule has 6 nitrogen and oxygen atoms in total. The summed E-state index contributed by atoms with van der Waals surface area (Å²) in [7, 11) is 1.47. The highest BCUT2D eigenvalue weighted by Gasteiger charge is 2.18. The molecule has 3 N–H and O–H groups in total. The van der Waals surface area contributed by atoms with Gasteiger partial charge in [0.15, 0.2) is 5.96 Å². The van der Waals surface area contributed by atoms with Crippen molar-refractivity contribution < 1.29 is 4.92 Å². The maximum atomic E-state index is 10.7. The molecule has 0 aliphatic heterocycles. The fourth-order valence-electron chi connectivity index (χ4n) is 1.06. The number of nitro groups is 1. The lowest BCUT2D eigenvalue weighted by molar-refractivity contribution is -0.384. The second-order valence-electron chi connectivity index (χ2n) is 2.83. The lowest BCUT2D eigenvalue weighted by Crippen LogP contribution is -2.33. The Hall–Kier alpha value is -1.82. The maximum Gasteiger partial charge on any atom is 0.294 e. The number of hydrogen-bond acceptors (Lipinski definition) is 3. The van der Waals surface area contributed by atoms with Crippen LogP contribution in [0.1, 0.15) is 0 Å². The number of nitrogens with zero attached hydrogens (tertiary/aromatic N) is 2. The third kappa shape index (κ3) is 2.35. The predicted octanol–water partition coefficient (Wildman–Crippen LogP) is 1.58. The smallest absolute Gasteiger partial charge is 0.294 e. The second kappa shape index (κ2) is 4.14. The standard InChI is InChI=1S/C8H9ClN4O2/c1-12(8(10)11)6-3-2-5(9)4-7(6)13(14)15/h2-4H,1H3,(H3,10,11).